The van der Waals surface area contributed by atoms with Gasteiger partial charge in [0.25, 0.3) is 0 Å². The Hall–Kier alpha value is -0.380. The maximum absolute atomic E-state index is 6.05. The molecule has 1 aromatic rings. The third kappa shape index (κ3) is 2.61. The molecular formula is C16H22BrNO. The fraction of sp³-hybridized carbons (Fsp3) is 0.625. The van der Waals surface area contributed by atoms with Crippen molar-refractivity contribution in [2.45, 2.75) is 43.7 Å². The minimum Gasteiger partial charge on any atom is -0.375 e. The minimum atomic E-state index is 0.222. The minimum absolute atomic E-state index is 0.222. The van der Waals surface area contributed by atoms with Gasteiger partial charge in [0.2, 0.25) is 0 Å². The highest BCUT2D eigenvalue weighted by atomic mass is 79.9. The molecule has 0 radical (unpaired) electrons. The molecule has 0 aromatic heterocycles. The number of hydrogen-bond donors (Lipinski definition) is 1. The van der Waals surface area contributed by atoms with Gasteiger partial charge in [0.05, 0.1) is 5.60 Å². The largest absolute Gasteiger partial charge is 0.375 e. The molecule has 0 amide bonds. The van der Waals surface area contributed by atoms with Crippen molar-refractivity contribution >= 4 is 15.9 Å². The molecule has 1 heterocycles. The van der Waals surface area contributed by atoms with Crippen LogP contribution < -0.4 is 5.32 Å². The van der Waals surface area contributed by atoms with Crippen LogP contribution in [0.15, 0.2) is 28.7 Å². The van der Waals surface area contributed by atoms with Crippen molar-refractivity contribution in [3.8, 4) is 0 Å². The summed E-state index contributed by atoms with van der Waals surface area (Å²) >= 11 is 3.69. The molecular weight excluding hydrogens is 302 g/mol. The monoisotopic (exact) mass is 323 g/mol. The topological polar surface area (TPSA) is 21.3 Å². The van der Waals surface area contributed by atoms with Crippen molar-refractivity contribution in [2.75, 3.05) is 13.7 Å². The smallest absolute Gasteiger partial charge is 0.0686 e. The average Bonchev–Trinajstić information content (AvgIpc) is 2.40. The summed E-state index contributed by atoms with van der Waals surface area (Å²) in [6.45, 7) is 0.924. The van der Waals surface area contributed by atoms with E-state index >= 15 is 0 Å². The van der Waals surface area contributed by atoms with Gasteiger partial charge in [0.1, 0.15) is 0 Å². The predicted octanol–water partition coefficient (Wildman–Crippen LogP) is 4.06. The van der Waals surface area contributed by atoms with Crippen LogP contribution in [0.2, 0.25) is 0 Å². The summed E-state index contributed by atoms with van der Waals surface area (Å²) in [5.41, 5.74) is 1.60. The Balaban J connectivity index is 1.80. The molecule has 2 atom stereocenters. The number of nitrogens with one attached hydrogen (secondary N) is 1. The molecule has 1 N–H and O–H groups in total. The second-order valence-corrected chi connectivity index (χ2v) is 6.78. The zero-order valence-corrected chi connectivity index (χ0v) is 13.1. The zero-order valence-electron chi connectivity index (χ0n) is 11.5. The molecule has 1 aliphatic carbocycles. The van der Waals surface area contributed by atoms with Crippen LogP contribution in [-0.4, -0.2) is 19.3 Å². The predicted molar refractivity (Wildman–Crippen MR) is 81.2 cm³/mol. The number of halogens is 1. The van der Waals surface area contributed by atoms with E-state index in [0.717, 1.165) is 13.0 Å². The highest BCUT2D eigenvalue weighted by molar-refractivity contribution is 9.10. The SMILES string of the molecule is CNC(c1ccccc1Br)C1CCOC2(CCC2)C1. The molecule has 0 bridgehead atoms. The summed E-state index contributed by atoms with van der Waals surface area (Å²) in [5.74, 6) is 0.678. The molecule has 1 saturated carbocycles. The fourth-order valence-electron chi connectivity index (χ4n) is 3.64. The van der Waals surface area contributed by atoms with E-state index in [0.29, 0.717) is 12.0 Å². The Morgan fingerprint density at radius 3 is 2.79 bits per heavy atom. The van der Waals surface area contributed by atoms with Crippen molar-refractivity contribution in [3.05, 3.63) is 34.3 Å². The Morgan fingerprint density at radius 1 is 1.37 bits per heavy atom. The average molecular weight is 324 g/mol. The van der Waals surface area contributed by atoms with Gasteiger partial charge in [-0.05, 0) is 56.7 Å². The molecule has 3 rings (SSSR count). The van der Waals surface area contributed by atoms with Gasteiger partial charge in [-0.25, -0.2) is 0 Å². The van der Waals surface area contributed by atoms with Crippen LogP contribution in [-0.2, 0) is 4.74 Å². The first-order chi connectivity index (χ1) is 9.24. The van der Waals surface area contributed by atoms with Crippen molar-refractivity contribution in [1.82, 2.24) is 5.32 Å². The van der Waals surface area contributed by atoms with Crippen LogP contribution in [0.4, 0.5) is 0 Å². The van der Waals surface area contributed by atoms with Gasteiger partial charge < -0.3 is 10.1 Å². The van der Waals surface area contributed by atoms with E-state index in [9.17, 15) is 0 Å². The molecule has 1 aromatic carbocycles. The Labute approximate surface area is 124 Å². The summed E-state index contributed by atoms with van der Waals surface area (Å²) in [7, 11) is 2.08. The number of benzene rings is 1. The maximum atomic E-state index is 6.05. The van der Waals surface area contributed by atoms with Gasteiger partial charge in [-0.3, -0.25) is 0 Å². The maximum Gasteiger partial charge on any atom is 0.0686 e. The lowest BCUT2D eigenvalue weighted by atomic mass is 9.69. The van der Waals surface area contributed by atoms with E-state index in [1.54, 1.807) is 0 Å². The lowest BCUT2D eigenvalue weighted by Gasteiger charge is -2.49. The van der Waals surface area contributed by atoms with E-state index in [-0.39, 0.29) is 5.60 Å². The molecule has 2 unspecified atom stereocenters. The Kier molecular flexibility index (Phi) is 3.97. The molecule has 1 aliphatic heterocycles. The van der Waals surface area contributed by atoms with Crippen molar-refractivity contribution in [3.63, 3.8) is 0 Å². The molecule has 2 nitrogen and oxygen atoms in total. The normalized spacial score (nSPS) is 26.9. The summed E-state index contributed by atoms with van der Waals surface area (Å²) in [6, 6.07) is 9.00. The first kappa shape index (κ1) is 13.6. The zero-order chi connectivity index (χ0) is 13.3. The Bertz CT molecular complexity index is 444. The second-order valence-electron chi connectivity index (χ2n) is 5.93. The highest BCUT2D eigenvalue weighted by Gasteiger charge is 2.44. The first-order valence-corrected chi connectivity index (χ1v) is 8.09. The molecule has 3 heteroatoms. The fourth-order valence-corrected chi connectivity index (χ4v) is 4.17. The second kappa shape index (κ2) is 5.55. The van der Waals surface area contributed by atoms with Gasteiger partial charge in [-0.1, -0.05) is 34.1 Å². The molecule has 2 aliphatic rings. The van der Waals surface area contributed by atoms with Gasteiger partial charge in [0.15, 0.2) is 0 Å². The standard InChI is InChI=1S/C16H22BrNO/c1-18-15(13-5-2-3-6-14(13)17)12-7-10-19-16(11-12)8-4-9-16/h2-3,5-6,12,15,18H,4,7-11H2,1H3. The number of rotatable bonds is 3. The van der Waals surface area contributed by atoms with E-state index in [1.807, 2.05) is 0 Å². The van der Waals surface area contributed by atoms with Gasteiger partial charge >= 0.3 is 0 Å². The van der Waals surface area contributed by atoms with Crippen molar-refractivity contribution in [2.24, 2.45) is 5.92 Å². The Morgan fingerprint density at radius 2 is 2.16 bits per heavy atom. The van der Waals surface area contributed by atoms with Crippen LogP contribution >= 0.6 is 15.9 Å². The quantitative estimate of drug-likeness (QED) is 0.905. The van der Waals surface area contributed by atoms with Crippen LogP contribution in [0.5, 0.6) is 0 Å². The molecule has 19 heavy (non-hydrogen) atoms. The summed E-state index contributed by atoms with van der Waals surface area (Å²) in [6.07, 6.45) is 6.23. The first-order valence-electron chi connectivity index (χ1n) is 7.30. The van der Waals surface area contributed by atoms with Crippen LogP contribution in [0, 0.1) is 5.92 Å². The van der Waals surface area contributed by atoms with Gasteiger partial charge in [0, 0.05) is 17.1 Å². The molecule has 1 spiro atoms. The summed E-state index contributed by atoms with van der Waals surface area (Å²) in [4.78, 5) is 0. The number of ether oxygens (including phenoxy) is 1. The molecule has 2 fully saturated rings. The van der Waals surface area contributed by atoms with Crippen molar-refractivity contribution < 1.29 is 4.74 Å². The van der Waals surface area contributed by atoms with Crippen LogP contribution in [0.25, 0.3) is 0 Å². The lowest BCUT2D eigenvalue weighted by Crippen LogP contribution is -2.47. The van der Waals surface area contributed by atoms with E-state index < -0.39 is 0 Å². The third-order valence-corrected chi connectivity index (χ3v) is 5.54. The van der Waals surface area contributed by atoms with E-state index in [4.69, 9.17) is 4.74 Å². The number of hydrogen-bond acceptors (Lipinski definition) is 2. The summed E-state index contributed by atoms with van der Waals surface area (Å²) in [5, 5.41) is 3.53. The van der Waals surface area contributed by atoms with E-state index in [2.05, 4.69) is 52.6 Å². The van der Waals surface area contributed by atoms with Crippen LogP contribution in [0.3, 0.4) is 0 Å². The third-order valence-electron chi connectivity index (χ3n) is 4.82. The van der Waals surface area contributed by atoms with E-state index in [1.165, 1.54) is 35.7 Å². The summed E-state index contributed by atoms with van der Waals surface area (Å²) < 4.78 is 7.26. The highest BCUT2D eigenvalue weighted by Crippen LogP contribution is 2.47. The van der Waals surface area contributed by atoms with Crippen molar-refractivity contribution in [1.29, 1.82) is 0 Å². The van der Waals surface area contributed by atoms with Gasteiger partial charge in [-0.15, -0.1) is 0 Å². The lowest BCUT2D eigenvalue weighted by molar-refractivity contribution is -0.147. The molecule has 1 saturated heterocycles. The molecule has 104 valence electrons. The van der Waals surface area contributed by atoms with Gasteiger partial charge in [-0.2, -0.15) is 0 Å². The van der Waals surface area contributed by atoms with Crippen LogP contribution in [0.1, 0.15) is 43.7 Å².